The van der Waals surface area contributed by atoms with Gasteiger partial charge in [-0.05, 0) is 0 Å². The number of alkyl halides is 11. The van der Waals surface area contributed by atoms with E-state index in [4.69, 9.17) is 5.41 Å². The lowest BCUT2D eigenvalue weighted by molar-refractivity contribution is -0.473. The van der Waals surface area contributed by atoms with Crippen molar-refractivity contribution in [1.29, 1.82) is 5.41 Å². The van der Waals surface area contributed by atoms with Gasteiger partial charge < -0.3 is 5.73 Å². The SMILES string of the molecule is N=C(N)C1(F)C(F)(F)C(F)(F)C(F)(F)C(F)(F)C1(F)F. The van der Waals surface area contributed by atoms with Gasteiger partial charge in [-0.25, -0.2) is 4.39 Å². The molecule has 0 heterocycles. The van der Waals surface area contributed by atoms with Gasteiger partial charge in [0.15, 0.2) is 0 Å². The lowest BCUT2D eigenvalue weighted by atomic mass is 9.71. The van der Waals surface area contributed by atoms with E-state index in [-0.39, 0.29) is 0 Å². The smallest absolute Gasteiger partial charge is 0.384 e. The second kappa shape index (κ2) is 3.47. The normalized spacial score (nSPS) is 31.6. The van der Waals surface area contributed by atoms with Crippen LogP contribution in [0.25, 0.3) is 0 Å². The first-order chi connectivity index (χ1) is 8.44. The fourth-order valence-electron chi connectivity index (χ4n) is 1.56. The topological polar surface area (TPSA) is 49.9 Å². The Kier molecular flexibility index (Phi) is 2.91. The fraction of sp³-hybridized carbons (Fsp3) is 0.857. The molecule has 1 aliphatic carbocycles. The number of halogens is 11. The third kappa shape index (κ3) is 1.19. The number of nitrogens with two attached hydrogens (primary N) is 1. The van der Waals surface area contributed by atoms with Gasteiger partial charge in [0.1, 0.15) is 5.84 Å². The van der Waals surface area contributed by atoms with Crippen LogP contribution in [0.4, 0.5) is 48.3 Å². The average molecular weight is 324 g/mol. The highest BCUT2D eigenvalue weighted by atomic mass is 19.4. The highest BCUT2D eigenvalue weighted by Crippen LogP contribution is 2.69. The molecule has 13 heteroatoms. The van der Waals surface area contributed by atoms with Gasteiger partial charge in [-0.1, -0.05) is 0 Å². The summed E-state index contributed by atoms with van der Waals surface area (Å²) >= 11 is 0. The molecule has 3 N–H and O–H groups in total. The van der Waals surface area contributed by atoms with E-state index in [1.807, 2.05) is 0 Å². The van der Waals surface area contributed by atoms with Crippen LogP contribution in [0.5, 0.6) is 0 Å². The predicted octanol–water partition coefficient (Wildman–Crippen LogP) is 2.82. The van der Waals surface area contributed by atoms with Crippen molar-refractivity contribution in [1.82, 2.24) is 0 Å². The molecule has 0 bridgehead atoms. The minimum absolute atomic E-state index is 3.14. The Labute approximate surface area is 102 Å². The molecule has 0 aromatic heterocycles. The van der Waals surface area contributed by atoms with E-state index in [1.54, 1.807) is 0 Å². The summed E-state index contributed by atoms with van der Waals surface area (Å²) in [7, 11) is 0. The average Bonchev–Trinajstić information content (AvgIpc) is 2.24. The predicted molar refractivity (Wildman–Crippen MR) is 40.5 cm³/mol. The summed E-state index contributed by atoms with van der Waals surface area (Å²) in [6.07, 6.45) is 0. The first-order valence-corrected chi connectivity index (χ1v) is 4.37. The van der Waals surface area contributed by atoms with E-state index < -0.39 is 41.1 Å². The second-order valence-electron chi connectivity index (χ2n) is 3.94. The molecule has 0 radical (unpaired) electrons. The van der Waals surface area contributed by atoms with Crippen LogP contribution >= 0.6 is 0 Å². The number of rotatable bonds is 1. The molecule has 0 unspecified atom stereocenters. The van der Waals surface area contributed by atoms with E-state index in [1.165, 1.54) is 0 Å². The van der Waals surface area contributed by atoms with Gasteiger partial charge in [0.25, 0.3) is 0 Å². The lowest BCUT2D eigenvalue weighted by Gasteiger charge is -2.51. The van der Waals surface area contributed by atoms with Crippen LogP contribution in [-0.4, -0.2) is 41.1 Å². The Morgan fingerprint density at radius 3 is 0.950 bits per heavy atom. The van der Waals surface area contributed by atoms with Gasteiger partial charge >= 0.3 is 35.3 Å². The molecule has 1 aliphatic rings. The Morgan fingerprint density at radius 2 is 0.750 bits per heavy atom. The molecule has 1 fully saturated rings. The Bertz CT molecular complexity index is 424. The lowest BCUT2D eigenvalue weighted by Crippen LogP contribution is -2.86. The van der Waals surface area contributed by atoms with Gasteiger partial charge in [-0.3, -0.25) is 5.41 Å². The number of hydrogen-bond donors (Lipinski definition) is 2. The summed E-state index contributed by atoms with van der Waals surface area (Å²) in [5, 5.41) is 6.11. The van der Waals surface area contributed by atoms with Gasteiger partial charge in [0.2, 0.25) is 0 Å². The van der Waals surface area contributed by atoms with Crippen LogP contribution in [0, 0.1) is 5.41 Å². The Morgan fingerprint density at radius 1 is 0.550 bits per heavy atom. The first-order valence-electron chi connectivity index (χ1n) is 4.37. The van der Waals surface area contributed by atoms with Crippen LogP contribution in [0.2, 0.25) is 0 Å². The van der Waals surface area contributed by atoms with E-state index in [0.717, 1.165) is 0 Å². The van der Waals surface area contributed by atoms with Crippen LogP contribution < -0.4 is 5.73 Å². The third-order valence-electron chi connectivity index (χ3n) is 2.81. The fourth-order valence-corrected chi connectivity index (χ4v) is 1.56. The summed E-state index contributed by atoms with van der Waals surface area (Å²) < 4.78 is 142. The van der Waals surface area contributed by atoms with Gasteiger partial charge in [0.05, 0.1) is 0 Å². The molecule has 0 aromatic carbocycles. The molecule has 0 amide bonds. The van der Waals surface area contributed by atoms with E-state index >= 15 is 0 Å². The summed E-state index contributed by atoms with van der Waals surface area (Å²) in [5.74, 6) is -39.0. The highest BCUT2D eigenvalue weighted by Gasteiger charge is 3.02. The van der Waals surface area contributed by atoms with E-state index in [0.29, 0.717) is 0 Å². The molecule has 0 aromatic rings. The standard InChI is InChI=1S/C7H3F11N2/c8-2(1(19)20)3(9,10)5(13,14)7(17,18)6(15,16)4(2,11)12/h(H3,19,20). The van der Waals surface area contributed by atoms with Crippen molar-refractivity contribution >= 4 is 5.84 Å². The van der Waals surface area contributed by atoms with Crippen LogP contribution in [0.3, 0.4) is 0 Å². The molecule has 2 nitrogen and oxygen atoms in total. The minimum Gasteiger partial charge on any atom is -0.385 e. The summed E-state index contributed by atoms with van der Waals surface area (Å²) in [6.45, 7) is 0. The zero-order chi connectivity index (χ0) is 16.6. The zero-order valence-corrected chi connectivity index (χ0v) is 8.73. The summed E-state index contributed by atoms with van der Waals surface area (Å²) in [5.41, 5.74) is -2.57. The van der Waals surface area contributed by atoms with Gasteiger partial charge in [-0.2, -0.15) is 43.9 Å². The van der Waals surface area contributed by atoms with Crippen LogP contribution in [0.15, 0.2) is 0 Å². The van der Waals surface area contributed by atoms with Crippen molar-refractivity contribution < 1.29 is 48.3 Å². The van der Waals surface area contributed by atoms with Gasteiger partial charge in [-0.15, -0.1) is 0 Å². The minimum atomic E-state index is -7.28. The van der Waals surface area contributed by atoms with Crippen molar-refractivity contribution in [3.63, 3.8) is 0 Å². The van der Waals surface area contributed by atoms with Crippen molar-refractivity contribution in [3.8, 4) is 0 Å². The zero-order valence-electron chi connectivity index (χ0n) is 8.73. The van der Waals surface area contributed by atoms with Crippen molar-refractivity contribution in [3.05, 3.63) is 0 Å². The molecular formula is C7H3F11N2. The molecule has 0 spiro atoms. The monoisotopic (exact) mass is 324 g/mol. The summed E-state index contributed by atoms with van der Waals surface area (Å²) in [4.78, 5) is 0. The molecule has 1 rings (SSSR count). The quantitative estimate of drug-likeness (QED) is 0.435. The van der Waals surface area contributed by atoms with Crippen molar-refractivity contribution in [2.75, 3.05) is 0 Å². The largest absolute Gasteiger partial charge is 0.385 e. The number of amidine groups is 1. The van der Waals surface area contributed by atoms with Crippen LogP contribution in [0.1, 0.15) is 0 Å². The molecule has 1 saturated carbocycles. The third-order valence-corrected chi connectivity index (χ3v) is 2.81. The van der Waals surface area contributed by atoms with E-state index in [2.05, 4.69) is 5.73 Å². The van der Waals surface area contributed by atoms with Crippen molar-refractivity contribution in [2.24, 2.45) is 5.73 Å². The first kappa shape index (κ1) is 16.8. The van der Waals surface area contributed by atoms with Gasteiger partial charge in [0, 0.05) is 0 Å². The second-order valence-corrected chi connectivity index (χ2v) is 3.94. The maximum absolute atomic E-state index is 13.4. The number of hydrogen-bond acceptors (Lipinski definition) is 1. The number of nitrogens with one attached hydrogen (secondary N) is 1. The van der Waals surface area contributed by atoms with Crippen LogP contribution in [-0.2, 0) is 0 Å². The molecule has 0 aliphatic heterocycles. The molecule has 118 valence electrons. The Hall–Kier alpha value is -1.30. The molecule has 0 atom stereocenters. The molecule has 20 heavy (non-hydrogen) atoms. The summed E-state index contributed by atoms with van der Waals surface area (Å²) in [6, 6.07) is 0. The van der Waals surface area contributed by atoms with Crippen molar-refractivity contribution in [2.45, 2.75) is 35.3 Å². The Balaban J connectivity index is 3.88. The highest BCUT2D eigenvalue weighted by molar-refractivity contribution is 5.89. The molecular weight excluding hydrogens is 321 g/mol. The maximum atomic E-state index is 13.4. The molecule has 0 saturated heterocycles. The maximum Gasteiger partial charge on any atom is 0.384 e. The van der Waals surface area contributed by atoms with E-state index in [9.17, 15) is 48.3 Å².